The molecule has 35 heavy (non-hydrogen) atoms. The number of piperazine rings is 1. The maximum Gasteiger partial charge on any atom is 0.337 e. The molecule has 0 bridgehead atoms. The Labute approximate surface area is 209 Å². The number of hydrogen-bond acceptors (Lipinski definition) is 6. The Morgan fingerprint density at radius 1 is 1.00 bits per heavy atom. The molecule has 0 saturated carbocycles. The highest BCUT2D eigenvalue weighted by atomic mass is 16.5. The van der Waals surface area contributed by atoms with E-state index in [4.69, 9.17) is 14.2 Å². The Hall–Kier alpha value is -2.90. The van der Waals surface area contributed by atoms with Crippen molar-refractivity contribution >= 4 is 11.9 Å². The number of methoxy groups -OCH3 is 2. The lowest BCUT2D eigenvalue weighted by Crippen LogP contribution is -2.50. The summed E-state index contributed by atoms with van der Waals surface area (Å²) in [7, 11) is 3.03. The second-order valence-corrected chi connectivity index (χ2v) is 9.08. The number of hydrogen-bond donors (Lipinski definition) is 0. The summed E-state index contributed by atoms with van der Waals surface area (Å²) < 4.78 is 16.6. The summed E-state index contributed by atoms with van der Waals surface area (Å²) in [4.78, 5) is 28.8. The van der Waals surface area contributed by atoms with Crippen LogP contribution in [0.3, 0.4) is 0 Å². The van der Waals surface area contributed by atoms with Gasteiger partial charge in [-0.15, -0.1) is 0 Å². The zero-order valence-electron chi connectivity index (χ0n) is 21.4. The number of esters is 1. The van der Waals surface area contributed by atoms with E-state index < -0.39 is 0 Å². The highest BCUT2D eigenvalue weighted by Gasteiger charge is 2.26. The van der Waals surface area contributed by atoms with Gasteiger partial charge in [0.25, 0.3) is 0 Å². The molecule has 1 amide bonds. The van der Waals surface area contributed by atoms with Crippen molar-refractivity contribution in [1.82, 2.24) is 9.80 Å². The summed E-state index contributed by atoms with van der Waals surface area (Å²) in [6.07, 6.45) is 1.80. The maximum atomic E-state index is 12.7. The Balaban J connectivity index is 1.64. The second-order valence-electron chi connectivity index (χ2n) is 9.08. The Morgan fingerprint density at radius 3 is 2.34 bits per heavy atom. The van der Waals surface area contributed by atoms with Crippen molar-refractivity contribution in [3.63, 3.8) is 0 Å². The first-order chi connectivity index (χ1) is 16.9. The van der Waals surface area contributed by atoms with E-state index in [1.165, 1.54) is 7.11 Å². The summed E-state index contributed by atoms with van der Waals surface area (Å²) in [5.41, 5.74) is 2.54. The molecule has 1 saturated heterocycles. The summed E-state index contributed by atoms with van der Waals surface area (Å²) in [6.45, 7) is 8.41. The predicted octanol–water partition coefficient (Wildman–Crippen LogP) is 4.32. The van der Waals surface area contributed by atoms with Crippen molar-refractivity contribution in [2.24, 2.45) is 5.92 Å². The molecule has 190 valence electrons. The van der Waals surface area contributed by atoms with Gasteiger partial charge < -0.3 is 19.1 Å². The lowest BCUT2D eigenvalue weighted by Gasteiger charge is -2.37. The predicted molar refractivity (Wildman–Crippen MR) is 135 cm³/mol. The quantitative estimate of drug-likeness (QED) is 0.445. The zero-order chi connectivity index (χ0) is 25.2. The molecule has 1 fully saturated rings. The average molecular weight is 483 g/mol. The first-order valence-electron chi connectivity index (χ1n) is 12.4. The van der Waals surface area contributed by atoms with Gasteiger partial charge in [-0.3, -0.25) is 9.69 Å². The third-order valence-electron chi connectivity index (χ3n) is 6.54. The van der Waals surface area contributed by atoms with Crippen LogP contribution in [0.1, 0.15) is 54.3 Å². The van der Waals surface area contributed by atoms with Gasteiger partial charge in [0, 0.05) is 38.6 Å². The van der Waals surface area contributed by atoms with Gasteiger partial charge in [-0.1, -0.05) is 44.5 Å². The van der Waals surface area contributed by atoms with Crippen molar-refractivity contribution in [1.29, 1.82) is 0 Å². The normalized spacial score (nSPS) is 15.9. The largest absolute Gasteiger partial charge is 0.497 e. The molecular formula is C28H38N2O5. The smallest absolute Gasteiger partial charge is 0.337 e. The third kappa shape index (κ3) is 7.54. The topological polar surface area (TPSA) is 68.3 Å². The van der Waals surface area contributed by atoms with E-state index in [0.29, 0.717) is 12.2 Å². The molecule has 3 rings (SSSR count). The number of ether oxygens (including phenoxy) is 3. The van der Waals surface area contributed by atoms with Gasteiger partial charge >= 0.3 is 5.97 Å². The van der Waals surface area contributed by atoms with Gasteiger partial charge in [0.05, 0.1) is 32.5 Å². The average Bonchev–Trinajstić information content (AvgIpc) is 2.91. The first-order valence-corrected chi connectivity index (χ1v) is 12.4. The van der Waals surface area contributed by atoms with Crippen molar-refractivity contribution in [2.45, 2.75) is 39.4 Å². The van der Waals surface area contributed by atoms with E-state index in [9.17, 15) is 9.59 Å². The van der Waals surface area contributed by atoms with E-state index >= 15 is 0 Å². The maximum absolute atomic E-state index is 12.7. The minimum atomic E-state index is -0.353. The van der Waals surface area contributed by atoms with E-state index in [0.717, 1.165) is 62.4 Å². The second kappa shape index (κ2) is 13.3. The van der Waals surface area contributed by atoms with Crippen LogP contribution in [0.5, 0.6) is 5.75 Å². The fraction of sp³-hybridized carbons (Fsp3) is 0.500. The summed E-state index contributed by atoms with van der Waals surface area (Å²) >= 11 is 0. The van der Waals surface area contributed by atoms with Crippen molar-refractivity contribution in [3.8, 4) is 5.75 Å². The molecular weight excluding hydrogens is 444 g/mol. The Kier molecular flexibility index (Phi) is 10.1. The number of amides is 1. The van der Waals surface area contributed by atoms with Crippen LogP contribution in [-0.2, 0) is 20.9 Å². The van der Waals surface area contributed by atoms with Crippen LogP contribution in [-0.4, -0.2) is 68.6 Å². The number of carbonyl (C=O) groups is 2. The molecule has 1 heterocycles. The summed E-state index contributed by atoms with van der Waals surface area (Å²) in [5, 5.41) is 0. The van der Waals surface area contributed by atoms with Crippen molar-refractivity contribution in [2.75, 3.05) is 46.9 Å². The monoisotopic (exact) mass is 482 g/mol. The number of carbonyl (C=O) groups excluding carboxylic acids is 2. The van der Waals surface area contributed by atoms with E-state index in [-0.39, 0.29) is 23.9 Å². The number of benzene rings is 2. The fourth-order valence-electron chi connectivity index (χ4n) is 4.40. The standard InChI is InChI=1S/C28H38N2O5/c1-5-7-21(2)27(31)30-16-14-29(15-17-30)19-26(24-8-6-9-25(18-24)33-3)35-20-22-10-12-23(13-11-22)28(32)34-4/h6,8-13,18,21,26H,5,7,14-17,19-20H2,1-4H3/t21-,26-/m0/s1. The van der Waals surface area contributed by atoms with Crippen LogP contribution < -0.4 is 4.74 Å². The van der Waals surface area contributed by atoms with Gasteiger partial charge in [0.15, 0.2) is 0 Å². The minimum Gasteiger partial charge on any atom is -0.497 e. The van der Waals surface area contributed by atoms with Gasteiger partial charge in [-0.25, -0.2) is 4.79 Å². The van der Waals surface area contributed by atoms with Gasteiger partial charge in [0.2, 0.25) is 5.91 Å². The summed E-state index contributed by atoms with van der Waals surface area (Å²) in [5.74, 6) is 0.791. The highest BCUT2D eigenvalue weighted by Crippen LogP contribution is 2.25. The van der Waals surface area contributed by atoms with Gasteiger partial charge in [-0.2, -0.15) is 0 Å². The van der Waals surface area contributed by atoms with Crippen LogP contribution in [0.4, 0.5) is 0 Å². The first kappa shape index (κ1) is 26.7. The molecule has 7 heteroatoms. The molecule has 1 aliphatic rings. The molecule has 0 aromatic heterocycles. The molecule has 0 radical (unpaired) electrons. The van der Waals surface area contributed by atoms with Gasteiger partial charge in [-0.05, 0) is 41.8 Å². The molecule has 2 aromatic carbocycles. The molecule has 0 aliphatic carbocycles. The molecule has 1 aliphatic heterocycles. The molecule has 0 spiro atoms. The number of nitrogens with zero attached hydrogens (tertiary/aromatic N) is 2. The molecule has 2 aromatic rings. The molecule has 7 nitrogen and oxygen atoms in total. The van der Waals surface area contributed by atoms with Crippen molar-refractivity contribution < 1.29 is 23.8 Å². The highest BCUT2D eigenvalue weighted by molar-refractivity contribution is 5.89. The van der Waals surface area contributed by atoms with Crippen LogP contribution in [0, 0.1) is 5.92 Å². The SMILES string of the molecule is CCC[C@H](C)C(=O)N1CCN(C[C@H](OCc2ccc(C(=O)OC)cc2)c2cccc(OC)c2)CC1. The third-order valence-corrected chi connectivity index (χ3v) is 6.54. The van der Waals surface area contributed by atoms with Gasteiger partial charge in [0.1, 0.15) is 5.75 Å². The van der Waals surface area contributed by atoms with Crippen LogP contribution in [0.15, 0.2) is 48.5 Å². The van der Waals surface area contributed by atoms with Crippen LogP contribution in [0.2, 0.25) is 0 Å². The summed E-state index contributed by atoms with van der Waals surface area (Å²) in [6, 6.07) is 15.2. The Bertz CT molecular complexity index is 954. The lowest BCUT2D eigenvalue weighted by atomic mass is 10.0. The lowest BCUT2D eigenvalue weighted by molar-refractivity contribution is -0.137. The zero-order valence-corrected chi connectivity index (χ0v) is 21.4. The van der Waals surface area contributed by atoms with Crippen LogP contribution in [0.25, 0.3) is 0 Å². The van der Waals surface area contributed by atoms with E-state index in [1.54, 1.807) is 19.2 Å². The fourth-order valence-corrected chi connectivity index (χ4v) is 4.40. The number of rotatable bonds is 11. The molecule has 0 N–H and O–H groups in total. The van der Waals surface area contributed by atoms with Crippen molar-refractivity contribution in [3.05, 3.63) is 65.2 Å². The molecule has 0 unspecified atom stereocenters. The van der Waals surface area contributed by atoms with Crippen LogP contribution >= 0.6 is 0 Å². The Morgan fingerprint density at radius 2 is 1.71 bits per heavy atom. The minimum absolute atomic E-state index is 0.0880. The van der Waals surface area contributed by atoms with E-state index in [2.05, 4.69) is 17.9 Å². The van der Waals surface area contributed by atoms with E-state index in [1.807, 2.05) is 42.2 Å². The molecule has 2 atom stereocenters.